The van der Waals surface area contributed by atoms with Crippen molar-refractivity contribution in [3.05, 3.63) is 0 Å². The molecule has 0 spiro atoms. The predicted octanol–water partition coefficient (Wildman–Crippen LogP) is 1.08. The van der Waals surface area contributed by atoms with Gasteiger partial charge in [0.15, 0.2) is 5.84 Å². The molecule has 1 aliphatic carbocycles. The Kier molecular flexibility index (Phi) is 4.52. The lowest BCUT2D eigenvalue weighted by atomic mass is 9.61. The number of amidine groups is 1. The van der Waals surface area contributed by atoms with Crippen LogP contribution in [0.5, 0.6) is 0 Å². The molecule has 0 aromatic rings. The molecule has 0 aromatic carbocycles. The van der Waals surface area contributed by atoms with E-state index in [2.05, 4.69) is 17.4 Å². The minimum absolute atomic E-state index is 0.0345. The average molecular weight is 283 g/mol. The highest BCUT2D eigenvalue weighted by molar-refractivity contribution is 6.07. The number of amides is 1. The summed E-state index contributed by atoms with van der Waals surface area (Å²) in [4.78, 5) is 12.5. The van der Waals surface area contributed by atoms with Crippen LogP contribution in [0.25, 0.3) is 0 Å². The number of hydrogen-bond acceptors (Lipinski definition) is 4. The second-order valence-electron chi connectivity index (χ2n) is 6.29. The zero-order valence-electron chi connectivity index (χ0n) is 12.3. The number of carbonyl (C=O) groups excluding carboxylic acids is 1. The highest BCUT2D eigenvalue weighted by Gasteiger charge is 2.52. The van der Waals surface area contributed by atoms with Gasteiger partial charge >= 0.3 is 0 Å². The molecule has 114 valence electrons. The SMILES string of the molecule is CC1CC(C(=O)NC(C)C2CCOCC2)(C(N)=NO)C1. The first-order valence-corrected chi connectivity index (χ1v) is 7.36. The topological polar surface area (TPSA) is 96.9 Å². The van der Waals surface area contributed by atoms with Gasteiger partial charge in [0.05, 0.1) is 0 Å². The Morgan fingerprint density at radius 3 is 2.55 bits per heavy atom. The molecule has 1 atom stereocenters. The number of rotatable bonds is 4. The molecule has 1 heterocycles. The maximum Gasteiger partial charge on any atom is 0.234 e. The monoisotopic (exact) mass is 283 g/mol. The first-order chi connectivity index (χ1) is 9.49. The Morgan fingerprint density at radius 2 is 2.05 bits per heavy atom. The quantitative estimate of drug-likeness (QED) is 0.311. The predicted molar refractivity (Wildman–Crippen MR) is 75.4 cm³/mol. The van der Waals surface area contributed by atoms with Gasteiger partial charge in [-0.05, 0) is 44.4 Å². The van der Waals surface area contributed by atoms with Gasteiger partial charge in [-0.3, -0.25) is 4.79 Å². The lowest BCUT2D eigenvalue weighted by Gasteiger charge is -2.44. The number of hydrogen-bond donors (Lipinski definition) is 3. The zero-order chi connectivity index (χ0) is 14.8. The first-order valence-electron chi connectivity index (χ1n) is 7.36. The van der Waals surface area contributed by atoms with E-state index < -0.39 is 5.41 Å². The summed E-state index contributed by atoms with van der Waals surface area (Å²) < 4.78 is 5.34. The second-order valence-corrected chi connectivity index (χ2v) is 6.29. The molecule has 20 heavy (non-hydrogen) atoms. The van der Waals surface area contributed by atoms with Gasteiger partial charge in [0.2, 0.25) is 5.91 Å². The van der Waals surface area contributed by atoms with Crippen LogP contribution >= 0.6 is 0 Å². The highest BCUT2D eigenvalue weighted by atomic mass is 16.5. The molecule has 2 rings (SSSR count). The summed E-state index contributed by atoms with van der Waals surface area (Å²) in [6.45, 7) is 5.61. The molecule has 4 N–H and O–H groups in total. The largest absolute Gasteiger partial charge is 0.409 e. The van der Waals surface area contributed by atoms with E-state index >= 15 is 0 Å². The van der Waals surface area contributed by atoms with Crippen LogP contribution < -0.4 is 11.1 Å². The average Bonchev–Trinajstić information content (AvgIpc) is 2.43. The summed E-state index contributed by atoms with van der Waals surface area (Å²) in [7, 11) is 0. The van der Waals surface area contributed by atoms with Gasteiger partial charge in [-0.1, -0.05) is 12.1 Å². The number of nitrogens with one attached hydrogen (secondary N) is 1. The molecule has 1 aliphatic heterocycles. The lowest BCUT2D eigenvalue weighted by molar-refractivity contribution is -0.134. The van der Waals surface area contributed by atoms with Crippen molar-refractivity contribution in [2.24, 2.45) is 28.1 Å². The molecule has 6 heteroatoms. The smallest absolute Gasteiger partial charge is 0.234 e. The molecule has 0 aromatic heterocycles. The summed E-state index contributed by atoms with van der Waals surface area (Å²) in [5.74, 6) is 0.797. The van der Waals surface area contributed by atoms with Crippen LogP contribution in [0.1, 0.15) is 39.5 Å². The summed E-state index contributed by atoms with van der Waals surface area (Å²) in [5.41, 5.74) is 4.94. The molecule has 0 radical (unpaired) electrons. The van der Waals surface area contributed by atoms with Crippen LogP contribution in [-0.2, 0) is 9.53 Å². The zero-order valence-corrected chi connectivity index (χ0v) is 12.3. The molecule has 6 nitrogen and oxygen atoms in total. The Labute approximate surface area is 119 Å². The van der Waals surface area contributed by atoms with E-state index in [1.807, 2.05) is 6.92 Å². The molecule has 2 fully saturated rings. The van der Waals surface area contributed by atoms with Gasteiger partial charge in [-0.15, -0.1) is 0 Å². The normalized spacial score (nSPS) is 33.3. The molecule has 1 saturated carbocycles. The van der Waals surface area contributed by atoms with Crippen LogP contribution in [0, 0.1) is 17.3 Å². The van der Waals surface area contributed by atoms with Crippen LogP contribution in [0.15, 0.2) is 5.16 Å². The number of carbonyl (C=O) groups is 1. The van der Waals surface area contributed by atoms with Crippen molar-refractivity contribution in [3.8, 4) is 0 Å². The minimum Gasteiger partial charge on any atom is -0.409 e. The van der Waals surface area contributed by atoms with Crippen molar-refractivity contribution in [2.75, 3.05) is 13.2 Å². The Morgan fingerprint density at radius 1 is 1.45 bits per heavy atom. The van der Waals surface area contributed by atoms with Crippen molar-refractivity contribution >= 4 is 11.7 Å². The molecular formula is C14H25N3O3. The van der Waals surface area contributed by atoms with Gasteiger partial charge in [-0.2, -0.15) is 0 Å². The third-order valence-electron chi connectivity index (χ3n) is 4.76. The van der Waals surface area contributed by atoms with Crippen molar-refractivity contribution < 1.29 is 14.7 Å². The molecule has 1 saturated heterocycles. The summed E-state index contributed by atoms with van der Waals surface area (Å²) >= 11 is 0. The number of oxime groups is 1. The molecule has 1 amide bonds. The van der Waals surface area contributed by atoms with Crippen LogP contribution in [0.3, 0.4) is 0 Å². The molecule has 1 unspecified atom stereocenters. The maximum absolute atomic E-state index is 12.5. The van der Waals surface area contributed by atoms with Gasteiger partial charge in [-0.25, -0.2) is 0 Å². The Balaban J connectivity index is 1.98. The van der Waals surface area contributed by atoms with E-state index in [0.717, 1.165) is 26.1 Å². The summed E-state index contributed by atoms with van der Waals surface area (Å²) in [6.07, 6.45) is 3.23. The van der Waals surface area contributed by atoms with E-state index in [1.165, 1.54) is 0 Å². The van der Waals surface area contributed by atoms with E-state index in [0.29, 0.717) is 24.7 Å². The highest BCUT2D eigenvalue weighted by Crippen LogP contribution is 2.46. The maximum atomic E-state index is 12.5. The summed E-state index contributed by atoms with van der Waals surface area (Å²) in [5, 5.41) is 15.1. The van der Waals surface area contributed by atoms with Crippen molar-refractivity contribution in [3.63, 3.8) is 0 Å². The Hall–Kier alpha value is -1.30. The fourth-order valence-corrected chi connectivity index (χ4v) is 3.42. The van der Waals surface area contributed by atoms with Crippen molar-refractivity contribution in [2.45, 2.75) is 45.6 Å². The van der Waals surface area contributed by atoms with E-state index in [4.69, 9.17) is 15.7 Å². The third-order valence-corrected chi connectivity index (χ3v) is 4.76. The van der Waals surface area contributed by atoms with E-state index in [9.17, 15) is 4.79 Å². The van der Waals surface area contributed by atoms with E-state index in [1.54, 1.807) is 0 Å². The van der Waals surface area contributed by atoms with Gasteiger partial charge in [0, 0.05) is 19.3 Å². The van der Waals surface area contributed by atoms with Crippen LogP contribution in [0.2, 0.25) is 0 Å². The first kappa shape index (κ1) is 15.1. The second kappa shape index (κ2) is 5.99. The van der Waals surface area contributed by atoms with E-state index in [-0.39, 0.29) is 17.8 Å². The van der Waals surface area contributed by atoms with Gasteiger partial charge in [0.1, 0.15) is 5.41 Å². The number of ether oxygens (including phenoxy) is 1. The van der Waals surface area contributed by atoms with Crippen LogP contribution in [-0.4, -0.2) is 36.2 Å². The molecule has 2 aliphatic rings. The van der Waals surface area contributed by atoms with Crippen molar-refractivity contribution in [1.29, 1.82) is 0 Å². The van der Waals surface area contributed by atoms with Crippen LogP contribution in [0.4, 0.5) is 0 Å². The summed E-state index contributed by atoms with van der Waals surface area (Å²) in [6, 6.07) is 0.0886. The fourth-order valence-electron chi connectivity index (χ4n) is 3.42. The minimum atomic E-state index is -0.812. The van der Waals surface area contributed by atoms with Gasteiger partial charge < -0.3 is 21.0 Å². The number of nitrogens with zero attached hydrogens (tertiary/aromatic N) is 1. The lowest BCUT2D eigenvalue weighted by Crippen LogP contribution is -2.58. The Bertz CT molecular complexity index is 385. The number of nitrogens with two attached hydrogens (primary N) is 1. The standard InChI is InChI=1S/C14H25N3O3/c1-9-7-14(8-9,12(15)17-19)13(18)16-10(2)11-3-5-20-6-4-11/h9-11,19H,3-8H2,1-2H3,(H2,15,17)(H,16,18). The fraction of sp³-hybridized carbons (Fsp3) is 0.857. The van der Waals surface area contributed by atoms with Gasteiger partial charge in [0.25, 0.3) is 0 Å². The molecular weight excluding hydrogens is 258 g/mol. The third kappa shape index (κ3) is 2.75. The van der Waals surface area contributed by atoms with Crippen molar-refractivity contribution in [1.82, 2.24) is 5.32 Å². The molecule has 0 bridgehead atoms.